The number of para-hydroxylation sites is 1. The Morgan fingerprint density at radius 3 is 2.68 bits per heavy atom. The summed E-state index contributed by atoms with van der Waals surface area (Å²) < 4.78 is 2.10. The van der Waals surface area contributed by atoms with E-state index in [1.165, 1.54) is 24.0 Å². The third kappa shape index (κ3) is 3.05. The SMILES string of the molecule is CCc1ccccc1-n1nc(-c2ccc(Cl)cc2)c2c1NCCCC2. The molecule has 0 saturated heterocycles. The molecular formula is C21H22ClN3. The highest BCUT2D eigenvalue weighted by Crippen LogP contribution is 2.35. The van der Waals surface area contributed by atoms with E-state index in [2.05, 4.69) is 53.3 Å². The second-order valence-electron chi connectivity index (χ2n) is 6.46. The van der Waals surface area contributed by atoms with Crippen molar-refractivity contribution in [1.82, 2.24) is 9.78 Å². The Balaban J connectivity index is 1.92. The van der Waals surface area contributed by atoms with Gasteiger partial charge in [0.2, 0.25) is 0 Å². The molecule has 2 heterocycles. The zero-order valence-electron chi connectivity index (χ0n) is 14.4. The van der Waals surface area contributed by atoms with Crippen molar-refractivity contribution in [3.63, 3.8) is 0 Å². The van der Waals surface area contributed by atoms with E-state index in [1.807, 2.05) is 12.1 Å². The summed E-state index contributed by atoms with van der Waals surface area (Å²) in [7, 11) is 0. The fourth-order valence-corrected chi connectivity index (χ4v) is 3.66. The van der Waals surface area contributed by atoms with E-state index in [9.17, 15) is 0 Å². The lowest BCUT2D eigenvalue weighted by atomic mass is 10.0. The van der Waals surface area contributed by atoms with Gasteiger partial charge in [0.1, 0.15) is 5.82 Å². The molecule has 0 bridgehead atoms. The molecule has 25 heavy (non-hydrogen) atoms. The number of aromatic nitrogens is 2. The van der Waals surface area contributed by atoms with Crippen LogP contribution in [0.5, 0.6) is 0 Å². The smallest absolute Gasteiger partial charge is 0.133 e. The van der Waals surface area contributed by atoms with Crippen LogP contribution in [0.4, 0.5) is 5.82 Å². The maximum absolute atomic E-state index is 6.07. The molecule has 0 saturated carbocycles. The summed E-state index contributed by atoms with van der Waals surface area (Å²) in [6, 6.07) is 16.5. The first kappa shape index (κ1) is 16.2. The molecule has 1 aromatic heterocycles. The Morgan fingerprint density at radius 2 is 1.88 bits per heavy atom. The summed E-state index contributed by atoms with van der Waals surface area (Å²) in [6.45, 7) is 3.18. The van der Waals surface area contributed by atoms with Gasteiger partial charge in [-0.15, -0.1) is 0 Å². The number of hydrogen-bond donors (Lipinski definition) is 1. The molecule has 0 atom stereocenters. The Bertz CT molecular complexity index is 881. The van der Waals surface area contributed by atoms with Crippen LogP contribution in [-0.2, 0) is 12.8 Å². The number of halogens is 1. The largest absolute Gasteiger partial charge is 0.370 e. The van der Waals surface area contributed by atoms with E-state index in [4.69, 9.17) is 16.7 Å². The van der Waals surface area contributed by atoms with Gasteiger partial charge in [0.05, 0.1) is 11.4 Å². The van der Waals surface area contributed by atoms with E-state index in [0.29, 0.717) is 0 Å². The van der Waals surface area contributed by atoms with Crippen molar-refractivity contribution in [2.24, 2.45) is 0 Å². The van der Waals surface area contributed by atoms with E-state index in [1.54, 1.807) is 0 Å². The predicted molar refractivity (Wildman–Crippen MR) is 105 cm³/mol. The molecule has 4 rings (SSSR count). The van der Waals surface area contributed by atoms with Gasteiger partial charge in [-0.25, -0.2) is 4.68 Å². The van der Waals surface area contributed by atoms with Crippen molar-refractivity contribution in [3.8, 4) is 16.9 Å². The molecule has 1 N–H and O–H groups in total. The number of aryl methyl sites for hydroxylation is 1. The van der Waals surface area contributed by atoms with Gasteiger partial charge in [-0.05, 0) is 49.4 Å². The monoisotopic (exact) mass is 351 g/mol. The van der Waals surface area contributed by atoms with Gasteiger partial charge >= 0.3 is 0 Å². The molecule has 3 nitrogen and oxygen atoms in total. The lowest BCUT2D eigenvalue weighted by molar-refractivity contribution is 0.779. The number of rotatable bonds is 3. The normalized spacial score (nSPS) is 13.8. The third-order valence-corrected chi connectivity index (χ3v) is 5.10. The van der Waals surface area contributed by atoms with Crippen molar-refractivity contribution in [1.29, 1.82) is 0 Å². The van der Waals surface area contributed by atoms with Gasteiger partial charge in [0.15, 0.2) is 0 Å². The second-order valence-corrected chi connectivity index (χ2v) is 6.90. The number of nitrogens with one attached hydrogen (secondary N) is 1. The van der Waals surface area contributed by atoms with Crippen LogP contribution in [0.2, 0.25) is 5.02 Å². The van der Waals surface area contributed by atoms with Crippen LogP contribution in [0.1, 0.15) is 30.9 Å². The standard InChI is InChI=1S/C21H22ClN3/c1-2-15-7-3-4-9-19(15)25-21-18(8-5-6-14-23-21)20(24-25)16-10-12-17(22)13-11-16/h3-4,7,9-13,23H,2,5-6,8,14H2,1H3. The average molecular weight is 352 g/mol. The van der Waals surface area contributed by atoms with Crippen molar-refractivity contribution in [2.45, 2.75) is 32.6 Å². The summed E-state index contributed by atoms with van der Waals surface area (Å²) >= 11 is 6.07. The Morgan fingerprint density at radius 1 is 1.08 bits per heavy atom. The molecule has 1 aliphatic rings. The van der Waals surface area contributed by atoms with Crippen LogP contribution >= 0.6 is 11.6 Å². The molecule has 0 aliphatic carbocycles. The van der Waals surface area contributed by atoms with E-state index < -0.39 is 0 Å². The lowest BCUT2D eigenvalue weighted by Gasteiger charge is -2.12. The van der Waals surface area contributed by atoms with Gasteiger partial charge in [-0.1, -0.05) is 48.9 Å². The minimum atomic E-state index is 0.753. The summed E-state index contributed by atoms with van der Waals surface area (Å²) in [5.41, 5.74) is 5.96. The van der Waals surface area contributed by atoms with Crippen molar-refractivity contribution >= 4 is 17.4 Å². The van der Waals surface area contributed by atoms with Crippen LogP contribution in [0.3, 0.4) is 0 Å². The number of anilines is 1. The quantitative estimate of drug-likeness (QED) is 0.674. The van der Waals surface area contributed by atoms with Gasteiger partial charge in [-0.2, -0.15) is 5.10 Å². The zero-order valence-corrected chi connectivity index (χ0v) is 15.2. The van der Waals surface area contributed by atoms with Crippen LogP contribution in [-0.4, -0.2) is 16.3 Å². The van der Waals surface area contributed by atoms with Crippen LogP contribution < -0.4 is 5.32 Å². The molecular weight excluding hydrogens is 330 g/mol. The molecule has 0 amide bonds. The average Bonchev–Trinajstić information content (AvgIpc) is 2.83. The highest BCUT2D eigenvalue weighted by atomic mass is 35.5. The number of benzene rings is 2. The van der Waals surface area contributed by atoms with Crippen LogP contribution in [0.15, 0.2) is 48.5 Å². The van der Waals surface area contributed by atoms with Crippen LogP contribution in [0, 0.1) is 0 Å². The van der Waals surface area contributed by atoms with Gasteiger partial charge in [0.25, 0.3) is 0 Å². The number of hydrogen-bond acceptors (Lipinski definition) is 2. The molecule has 128 valence electrons. The van der Waals surface area contributed by atoms with Crippen molar-refractivity contribution in [3.05, 3.63) is 64.7 Å². The highest BCUT2D eigenvalue weighted by molar-refractivity contribution is 6.30. The molecule has 0 spiro atoms. The third-order valence-electron chi connectivity index (χ3n) is 4.85. The summed E-state index contributed by atoms with van der Waals surface area (Å²) in [5.74, 6) is 1.14. The first-order valence-electron chi connectivity index (χ1n) is 8.98. The fraction of sp³-hybridized carbons (Fsp3) is 0.286. The zero-order chi connectivity index (χ0) is 17.2. The molecule has 3 aromatic rings. The number of nitrogens with zero attached hydrogens (tertiary/aromatic N) is 2. The van der Waals surface area contributed by atoms with E-state index >= 15 is 0 Å². The Labute approximate surface area is 153 Å². The van der Waals surface area contributed by atoms with Crippen LogP contribution in [0.25, 0.3) is 16.9 Å². The Kier molecular flexibility index (Phi) is 4.50. The van der Waals surface area contributed by atoms with Gasteiger partial charge in [-0.3, -0.25) is 0 Å². The predicted octanol–water partition coefficient (Wildman–Crippen LogP) is 5.50. The number of fused-ring (bicyclic) bond motifs is 1. The molecule has 4 heteroatoms. The maximum atomic E-state index is 6.07. The van der Waals surface area contributed by atoms with Gasteiger partial charge < -0.3 is 5.32 Å². The highest BCUT2D eigenvalue weighted by Gasteiger charge is 2.22. The second kappa shape index (κ2) is 6.93. The Hall–Kier alpha value is -2.26. The van der Waals surface area contributed by atoms with Gasteiger partial charge in [0, 0.05) is 22.7 Å². The minimum absolute atomic E-state index is 0.753. The molecule has 0 fully saturated rings. The molecule has 2 aromatic carbocycles. The maximum Gasteiger partial charge on any atom is 0.133 e. The summed E-state index contributed by atoms with van der Waals surface area (Å²) in [5, 5.41) is 9.40. The molecule has 0 unspecified atom stereocenters. The fourth-order valence-electron chi connectivity index (χ4n) is 3.53. The first-order chi connectivity index (χ1) is 12.3. The molecule has 1 aliphatic heterocycles. The lowest BCUT2D eigenvalue weighted by Crippen LogP contribution is -2.08. The first-order valence-corrected chi connectivity index (χ1v) is 9.35. The summed E-state index contributed by atoms with van der Waals surface area (Å²) in [4.78, 5) is 0. The van der Waals surface area contributed by atoms with E-state index in [0.717, 1.165) is 47.2 Å². The summed E-state index contributed by atoms with van der Waals surface area (Å²) in [6.07, 6.45) is 4.40. The molecule has 0 radical (unpaired) electrons. The van der Waals surface area contributed by atoms with Crippen molar-refractivity contribution in [2.75, 3.05) is 11.9 Å². The topological polar surface area (TPSA) is 29.9 Å². The minimum Gasteiger partial charge on any atom is -0.370 e. The van der Waals surface area contributed by atoms with Crippen molar-refractivity contribution < 1.29 is 0 Å². The van der Waals surface area contributed by atoms with E-state index in [-0.39, 0.29) is 0 Å².